The summed E-state index contributed by atoms with van der Waals surface area (Å²) in [6, 6.07) is 20.8. The van der Waals surface area contributed by atoms with Crippen LogP contribution in [0.2, 0.25) is 0 Å². The number of rotatable bonds is 2. The molecule has 4 heteroatoms. The van der Waals surface area contributed by atoms with Gasteiger partial charge < -0.3 is 9.52 Å². The normalized spacial score (nSPS) is 11.0. The molecule has 0 atom stereocenters. The highest BCUT2D eigenvalue weighted by Gasteiger charge is 2.19. The summed E-state index contributed by atoms with van der Waals surface area (Å²) < 4.78 is 6.09. The van der Waals surface area contributed by atoms with E-state index in [1.54, 1.807) is 6.07 Å². The SMILES string of the molecule is O=c1oc2c(-c3ccccc3)cc(O)c(-c3ccccc3)c2s1. The molecule has 0 aliphatic carbocycles. The summed E-state index contributed by atoms with van der Waals surface area (Å²) in [6.45, 7) is 0. The predicted octanol–water partition coefficient (Wildman–Crippen LogP) is 4.89. The summed E-state index contributed by atoms with van der Waals surface area (Å²) in [4.78, 5) is 11.5. The van der Waals surface area contributed by atoms with E-state index in [-0.39, 0.29) is 10.7 Å². The summed E-state index contributed by atoms with van der Waals surface area (Å²) in [5, 5.41) is 10.6. The molecule has 0 aliphatic rings. The van der Waals surface area contributed by atoms with E-state index in [0.29, 0.717) is 15.8 Å². The fraction of sp³-hybridized carbons (Fsp3) is 0. The zero-order valence-electron chi connectivity index (χ0n) is 12.0. The molecule has 4 aromatic rings. The van der Waals surface area contributed by atoms with E-state index in [9.17, 15) is 9.90 Å². The summed E-state index contributed by atoms with van der Waals surface area (Å²) in [5.74, 6) is 0.139. The van der Waals surface area contributed by atoms with Crippen LogP contribution in [0.25, 0.3) is 32.5 Å². The van der Waals surface area contributed by atoms with Gasteiger partial charge in [0.25, 0.3) is 0 Å². The highest BCUT2D eigenvalue weighted by molar-refractivity contribution is 7.16. The van der Waals surface area contributed by atoms with Crippen LogP contribution >= 0.6 is 11.3 Å². The highest BCUT2D eigenvalue weighted by atomic mass is 32.1. The Morgan fingerprint density at radius 1 is 0.870 bits per heavy atom. The lowest BCUT2D eigenvalue weighted by molar-refractivity contribution is 0.478. The minimum absolute atomic E-state index is 0.139. The van der Waals surface area contributed by atoms with Crippen LogP contribution in [-0.4, -0.2) is 5.11 Å². The second-order valence-electron chi connectivity index (χ2n) is 5.16. The van der Waals surface area contributed by atoms with E-state index in [1.165, 1.54) is 0 Å². The van der Waals surface area contributed by atoms with Crippen molar-refractivity contribution in [2.24, 2.45) is 0 Å². The molecule has 0 fully saturated rings. The molecular weight excluding hydrogens is 308 g/mol. The van der Waals surface area contributed by atoms with Gasteiger partial charge in [-0.15, -0.1) is 0 Å². The second kappa shape index (κ2) is 5.41. The fourth-order valence-electron chi connectivity index (χ4n) is 2.73. The van der Waals surface area contributed by atoms with Gasteiger partial charge in [-0.2, -0.15) is 0 Å². The largest absolute Gasteiger partial charge is 0.507 e. The van der Waals surface area contributed by atoms with Crippen molar-refractivity contribution in [1.29, 1.82) is 0 Å². The molecule has 0 saturated heterocycles. The van der Waals surface area contributed by atoms with E-state index in [1.807, 2.05) is 60.7 Å². The van der Waals surface area contributed by atoms with E-state index in [4.69, 9.17) is 4.42 Å². The first kappa shape index (κ1) is 13.8. The zero-order chi connectivity index (χ0) is 15.8. The molecule has 4 rings (SSSR count). The van der Waals surface area contributed by atoms with Crippen molar-refractivity contribution in [3.63, 3.8) is 0 Å². The highest BCUT2D eigenvalue weighted by Crippen LogP contribution is 2.43. The average Bonchev–Trinajstić information content (AvgIpc) is 2.96. The van der Waals surface area contributed by atoms with Gasteiger partial charge in [0.2, 0.25) is 0 Å². The number of fused-ring (bicyclic) bond motifs is 1. The van der Waals surface area contributed by atoms with Crippen LogP contribution in [0.5, 0.6) is 5.75 Å². The smallest absolute Gasteiger partial charge is 0.396 e. The molecule has 1 heterocycles. The lowest BCUT2D eigenvalue weighted by Crippen LogP contribution is -1.84. The topological polar surface area (TPSA) is 50.4 Å². The summed E-state index contributed by atoms with van der Waals surface area (Å²) in [7, 11) is 0. The Balaban J connectivity index is 2.09. The third-order valence-electron chi connectivity index (χ3n) is 3.73. The third-order valence-corrected chi connectivity index (χ3v) is 4.58. The van der Waals surface area contributed by atoms with Crippen LogP contribution in [0.1, 0.15) is 0 Å². The Hall–Kier alpha value is -2.85. The quantitative estimate of drug-likeness (QED) is 0.572. The van der Waals surface area contributed by atoms with Crippen LogP contribution in [0, 0.1) is 0 Å². The van der Waals surface area contributed by atoms with Crippen molar-refractivity contribution < 1.29 is 9.52 Å². The van der Waals surface area contributed by atoms with Crippen molar-refractivity contribution in [2.45, 2.75) is 0 Å². The van der Waals surface area contributed by atoms with Crippen LogP contribution in [0.4, 0.5) is 0 Å². The molecule has 0 spiro atoms. The lowest BCUT2D eigenvalue weighted by Gasteiger charge is -2.09. The Kier molecular flexibility index (Phi) is 3.24. The maximum Gasteiger partial charge on any atom is 0.396 e. The number of benzene rings is 3. The van der Waals surface area contributed by atoms with Gasteiger partial charge in [0.05, 0.1) is 4.70 Å². The minimum Gasteiger partial charge on any atom is -0.507 e. The molecule has 23 heavy (non-hydrogen) atoms. The predicted molar refractivity (Wildman–Crippen MR) is 92.9 cm³/mol. The number of hydrogen-bond donors (Lipinski definition) is 1. The Morgan fingerprint density at radius 2 is 1.48 bits per heavy atom. The molecule has 112 valence electrons. The Labute approximate surface area is 136 Å². The number of hydrogen-bond acceptors (Lipinski definition) is 4. The summed E-state index contributed by atoms with van der Waals surface area (Å²) in [6.07, 6.45) is 0. The van der Waals surface area contributed by atoms with Crippen molar-refractivity contribution in [3.8, 4) is 28.0 Å². The van der Waals surface area contributed by atoms with E-state index in [2.05, 4.69) is 0 Å². The number of phenolic OH excluding ortho intramolecular Hbond substituents is 1. The van der Waals surface area contributed by atoms with E-state index < -0.39 is 0 Å². The molecule has 1 N–H and O–H groups in total. The molecule has 0 aliphatic heterocycles. The lowest BCUT2D eigenvalue weighted by atomic mass is 9.98. The van der Waals surface area contributed by atoms with Gasteiger partial charge >= 0.3 is 4.94 Å². The maximum atomic E-state index is 11.8. The van der Waals surface area contributed by atoms with Gasteiger partial charge in [0.1, 0.15) is 5.75 Å². The monoisotopic (exact) mass is 320 g/mol. The first-order valence-electron chi connectivity index (χ1n) is 7.14. The molecule has 0 unspecified atom stereocenters. The second-order valence-corrected chi connectivity index (χ2v) is 6.11. The molecule has 3 aromatic carbocycles. The van der Waals surface area contributed by atoms with Gasteiger partial charge in [-0.25, -0.2) is 4.79 Å². The van der Waals surface area contributed by atoms with Gasteiger partial charge in [-0.3, -0.25) is 0 Å². The van der Waals surface area contributed by atoms with Crippen LogP contribution in [-0.2, 0) is 0 Å². The van der Waals surface area contributed by atoms with Gasteiger partial charge in [0, 0.05) is 11.1 Å². The zero-order valence-corrected chi connectivity index (χ0v) is 12.8. The molecular formula is C19H12O3S. The first-order valence-corrected chi connectivity index (χ1v) is 7.96. The molecule has 0 radical (unpaired) electrons. The molecule has 0 amide bonds. The first-order chi connectivity index (χ1) is 11.2. The van der Waals surface area contributed by atoms with Gasteiger partial charge in [-0.05, 0) is 17.2 Å². The van der Waals surface area contributed by atoms with E-state index in [0.717, 1.165) is 28.0 Å². The van der Waals surface area contributed by atoms with Crippen molar-refractivity contribution in [3.05, 3.63) is 76.5 Å². The maximum absolute atomic E-state index is 11.8. The van der Waals surface area contributed by atoms with Gasteiger partial charge in [-0.1, -0.05) is 72.0 Å². The van der Waals surface area contributed by atoms with Crippen LogP contribution in [0.15, 0.2) is 75.9 Å². The Morgan fingerprint density at radius 3 is 2.13 bits per heavy atom. The third kappa shape index (κ3) is 2.33. The van der Waals surface area contributed by atoms with E-state index >= 15 is 0 Å². The fourth-order valence-corrected chi connectivity index (χ4v) is 3.59. The van der Waals surface area contributed by atoms with Crippen LogP contribution in [0.3, 0.4) is 0 Å². The van der Waals surface area contributed by atoms with Gasteiger partial charge in [0.15, 0.2) is 5.58 Å². The van der Waals surface area contributed by atoms with Crippen molar-refractivity contribution in [2.75, 3.05) is 0 Å². The standard InChI is InChI=1S/C19H12O3S/c20-15-11-14(12-7-3-1-4-8-12)17-18(23-19(21)22-17)16(15)13-9-5-2-6-10-13/h1-11,20H. The Bertz CT molecular complexity index is 1030. The molecule has 1 aromatic heterocycles. The minimum atomic E-state index is -0.375. The molecule has 0 bridgehead atoms. The van der Waals surface area contributed by atoms with Crippen molar-refractivity contribution >= 4 is 21.6 Å². The summed E-state index contributed by atoms with van der Waals surface area (Å²) >= 11 is 1.01. The molecule has 3 nitrogen and oxygen atoms in total. The molecule has 0 saturated carbocycles. The average molecular weight is 320 g/mol. The van der Waals surface area contributed by atoms with Crippen molar-refractivity contribution in [1.82, 2.24) is 0 Å². The van der Waals surface area contributed by atoms with Crippen LogP contribution < -0.4 is 4.94 Å². The number of phenols is 1. The number of aromatic hydroxyl groups is 1. The summed E-state index contributed by atoms with van der Waals surface area (Å²) in [5.41, 5.74) is 3.62.